The third-order valence-corrected chi connectivity index (χ3v) is 4.06. The molecule has 108 valence electrons. The van der Waals surface area contributed by atoms with Gasteiger partial charge in [-0.2, -0.15) is 5.26 Å². The van der Waals surface area contributed by atoms with Gasteiger partial charge in [0.15, 0.2) is 0 Å². The summed E-state index contributed by atoms with van der Waals surface area (Å²) in [5.41, 5.74) is 1.56. The lowest BCUT2D eigenvalue weighted by Crippen LogP contribution is -2.48. The molecule has 0 aliphatic carbocycles. The summed E-state index contributed by atoms with van der Waals surface area (Å²) < 4.78 is 1.93. The highest BCUT2D eigenvalue weighted by atomic mass is 16.2. The van der Waals surface area contributed by atoms with Crippen LogP contribution in [0.5, 0.6) is 0 Å². The molecule has 5 nitrogen and oxygen atoms in total. The number of aromatic nitrogens is 1. The minimum atomic E-state index is 0.142. The van der Waals surface area contributed by atoms with Crippen molar-refractivity contribution in [1.29, 1.82) is 5.26 Å². The Morgan fingerprint density at radius 1 is 1.24 bits per heavy atom. The fraction of sp³-hybridized carbons (Fsp3) is 0.375. The molecule has 2 aromatic rings. The molecule has 1 aliphatic heterocycles. The molecule has 1 saturated heterocycles. The van der Waals surface area contributed by atoms with Crippen molar-refractivity contribution < 1.29 is 4.79 Å². The fourth-order valence-corrected chi connectivity index (χ4v) is 2.69. The summed E-state index contributed by atoms with van der Waals surface area (Å²) in [6.45, 7) is 3.77. The molecule has 5 heteroatoms. The maximum atomic E-state index is 12.4. The van der Waals surface area contributed by atoms with Crippen LogP contribution >= 0.6 is 0 Å². The predicted molar refractivity (Wildman–Crippen MR) is 80.7 cm³/mol. The van der Waals surface area contributed by atoms with Gasteiger partial charge in [-0.15, -0.1) is 0 Å². The van der Waals surface area contributed by atoms with Gasteiger partial charge in [0, 0.05) is 37.9 Å². The number of rotatable bonds is 2. The minimum Gasteiger partial charge on any atom is -0.339 e. The number of nitrogens with zero attached hydrogens (tertiary/aromatic N) is 4. The first kappa shape index (κ1) is 13.7. The first-order chi connectivity index (χ1) is 10.2. The monoisotopic (exact) mass is 282 g/mol. The second-order valence-electron chi connectivity index (χ2n) is 5.51. The molecule has 0 atom stereocenters. The van der Waals surface area contributed by atoms with E-state index >= 15 is 0 Å². The van der Waals surface area contributed by atoms with E-state index in [9.17, 15) is 4.79 Å². The van der Waals surface area contributed by atoms with Crippen LogP contribution in [0.2, 0.25) is 0 Å². The lowest BCUT2D eigenvalue weighted by atomic mass is 10.2. The Bertz CT molecular complexity index is 705. The number of nitriles is 1. The van der Waals surface area contributed by atoms with E-state index in [-0.39, 0.29) is 5.91 Å². The lowest BCUT2D eigenvalue weighted by Gasteiger charge is -2.32. The normalized spacial score (nSPS) is 16.1. The molecule has 2 heterocycles. The predicted octanol–water partition coefficient (Wildman–Crippen LogP) is 1.29. The third-order valence-electron chi connectivity index (χ3n) is 4.06. The Balaban J connectivity index is 1.78. The summed E-state index contributed by atoms with van der Waals surface area (Å²) in [6.07, 6.45) is 1.92. The number of hydrogen-bond acceptors (Lipinski definition) is 3. The molecule has 1 amide bonds. The van der Waals surface area contributed by atoms with E-state index in [1.165, 1.54) is 0 Å². The SMILES string of the molecule is CN1CCN(C(=O)Cn2ccc3ccc(C#N)cc32)CC1. The molecular weight excluding hydrogens is 264 g/mol. The van der Waals surface area contributed by atoms with Crippen LogP contribution in [0.15, 0.2) is 30.5 Å². The maximum Gasteiger partial charge on any atom is 0.242 e. The molecule has 0 radical (unpaired) electrons. The van der Waals surface area contributed by atoms with Crippen LogP contribution in [0.4, 0.5) is 0 Å². The first-order valence-electron chi connectivity index (χ1n) is 7.13. The average molecular weight is 282 g/mol. The highest BCUT2D eigenvalue weighted by Crippen LogP contribution is 2.17. The number of piperazine rings is 1. The number of amides is 1. The van der Waals surface area contributed by atoms with E-state index in [0.29, 0.717) is 12.1 Å². The molecule has 0 saturated carbocycles. The number of likely N-dealkylation sites (N-methyl/N-ethyl adjacent to an activating group) is 1. The van der Waals surface area contributed by atoms with Crippen molar-refractivity contribution >= 4 is 16.8 Å². The van der Waals surface area contributed by atoms with Gasteiger partial charge in [-0.25, -0.2) is 0 Å². The summed E-state index contributed by atoms with van der Waals surface area (Å²) in [7, 11) is 2.07. The first-order valence-corrected chi connectivity index (χ1v) is 7.13. The van der Waals surface area contributed by atoms with Crippen LogP contribution in [-0.4, -0.2) is 53.5 Å². The van der Waals surface area contributed by atoms with Crippen LogP contribution < -0.4 is 0 Å². The summed E-state index contributed by atoms with van der Waals surface area (Å²) in [6, 6.07) is 9.69. The van der Waals surface area contributed by atoms with E-state index in [1.807, 2.05) is 33.9 Å². The zero-order chi connectivity index (χ0) is 14.8. The molecule has 0 spiro atoms. The zero-order valence-corrected chi connectivity index (χ0v) is 12.1. The highest BCUT2D eigenvalue weighted by molar-refractivity contribution is 5.84. The number of benzene rings is 1. The fourth-order valence-electron chi connectivity index (χ4n) is 2.69. The van der Waals surface area contributed by atoms with Crippen molar-refractivity contribution in [2.24, 2.45) is 0 Å². The van der Waals surface area contributed by atoms with Crippen LogP contribution in [0, 0.1) is 11.3 Å². The Labute approximate surface area is 124 Å². The molecule has 3 rings (SSSR count). The number of carbonyl (C=O) groups excluding carboxylic acids is 1. The van der Waals surface area contributed by atoms with Gasteiger partial charge in [-0.05, 0) is 30.6 Å². The average Bonchev–Trinajstić information content (AvgIpc) is 2.90. The Morgan fingerprint density at radius 3 is 2.71 bits per heavy atom. The molecular formula is C16H18N4O. The molecule has 1 fully saturated rings. The summed E-state index contributed by atoms with van der Waals surface area (Å²) >= 11 is 0. The maximum absolute atomic E-state index is 12.4. The van der Waals surface area contributed by atoms with Crippen molar-refractivity contribution in [3.63, 3.8) is 0 Å². The van der Waals surface area contributed by atoms with Gasteiger partial charge >= 0.3 is 0 Å². The van der Waals surface area contributed by atoms with Crippen LogP contribution in [0.3, 0.4) is 0 Å². The molecule has 21 heavy (non-hydrogen) atoms. The highest BCUT2D eigenvalue weighted by Gasteiger charge is 2.19. The molecule has 0 unspecified atom stereocenters. The second kappa shape index (κ2) is 5.58. The van der Waals surface area contributed by atoms with Gasteiger partial charge in [0.1, 0.15) is 6.54 Å². The van der Waals surface area contributed by atoms with E-state index in [0.717, 1.165) is 37.1 Å². The van der Waals surface area contributed by atoms with E-state index in [4.69, 9.17) is 5.26 Å². The largest absolute Gasteiger partial charge is 0.339 e. The van der Waals surface area contributed by atoms with Crippen molar-refractivity contribution in [2.75, 3.05) is 33.2 Å². The second-order valence-corrected chi connectivity index (χ2v) is 5.51. The van der Waals surface area contributed by atoms with Gasteiger partial charge in [-0.1, -0.05) is 6.07 Å². The quantitative estimate of drug-likeness (QED) is 0.834. The number of carbonyl (C=O) groups is 1. The Kier molecular flexibility index (Phi) is 3.63. The van der Waals surface area contributed by atoms with Gasteiger partial charge < -0.3 is 14.4 Å². The van der Waals surface area contributed by atoms with E-state index < -0.39 is 0 Å². The van der Waals surface area contributed by atoms with Gasteiger partial charge in [0.2, 0.25) is 5.91 Å². The molecule has 1 aliphatic rings. The minimum absolute atomic E-state index is 0.142. The Hall–Kier alpha value is -2.32. The van der Waals surface area contributed by atoms with Crippen molar-refractivity contribution in [3.8, 4) is 6.07 Å². The topological polar surface area (TPSA) is 52.3 Å². The molecule has 1 aromatic carbocycles. The van der Waals surface area contributed by atoms with E-state index in [1.54, 1.807) is 6.07 Å². The summed E-state index contributed by atoms with van der Waals surface area (Å²) in [4.78, 5) is 16.5. The molecule has 0 N–H and O–H groups in total. The van der Waals surface area contributed by atoms with Crippen LogP contribution in [0.25, 0.3) is 10.9 Å². The van der Waals surface area contributed by atoms with Crippen LogP contribution in [-0.2, 0) is 11.3 Å². The van der Waals surface area contributed by atoms with Gasteiger partial charge in [0.25, 0.3) is 0 Å². The molecule has 1 aromatic heterocycles. The van der Waals surface area contributed by atoms with Gasteiger partial charge in [-0.3, -0.25) is 4.79 Å². The summed E-state index contributed by atoms with van der Waals surface area (Å²) in [5, 5.41) is 10.1. The molecule has 0 bridgehead atoms. The standard InChI is InChI=1S/C16H18N4O/c1-18-6-8-19(9-7-18)16(21)12-20-5-4-14-3-2-13(11-17)10-15(14)20/h2-5,10H,6-9,12H2,1H3. The van der Waals surface area contributed by atoms with Crippen molar-refractivity contribution in [1.82, 2.24) is 14.4 Å². The lowest BCUT2D eigenvalue weighted by molar-refractivity contribution is -0.133. The van der Waals surface area contributed by atoms with Crippen molar-refractivity contribution in [3.05, 3.63) is 36.0 Å². The van der Waals surface area contributed by atoms with Gasteiger partial charge in [0.05, 0.1) is 11.6 Å². The van der Waals surface area contributed by atoms with Crippen molar-refractivity contribution in [2.45, 2.75) is 6.54 Å². The third kappa shape index (κ3) is 2.76. The van der Waals surface area contributed by atoms with E-state index in [2.05, 4.69) is 18.0 Å². The summed E-state index contributed by atoms with van der Waals surface area (Å²) in [5.74, 6) is 0.142. The number of fused-ring (bicyclic) bond motifs is 1. The zero-order valence-electron chi connectivity index (χ0n) is 12.1. The smallest absolute Gasteiger partial charge is 0.242 e. The Morgan fingerprint density at radius 2 is 2.00 bits per heavy atom. The number of hydrogen-bond donors (Lipinski definition) is 0. The van der Waals surface area contributed by atoms with Crippen LogP contribution in [0.1, 0.15) is 5.56 Å².